The fourth-order valence-electron chi connectivity index (χ4n) is 11.7. The molecule has 0 bridgehead atoms. The van der Waals surface area contributed by atoms with Crippen molar-refractivity contribution in [3.63, 3.8) is 0 Å². The molecule has 0 aromatic heterocycles. The van der Waals surface area contributed by atoms with Crippen LogP contribution < -0.4 is 0 Å². The van der Waals surface area contributed by atoms with Gasteiger partial charge < -0.3 is 4.43 Å². The second kappa shape index (κ2) is 8.46. The predicted octanol–water partition coefficient (Wildman–Crippen LogP) is 10.3. The molecule has 0 aromatic rings. The van der Waals surface area contributed by atoms with Gasteiger partial charge >= 0.3 is 0 Å². The van der Waals surface area contributed by atoms with E-state index in [2.05, 4.69) is 81.1 Å². The Morgan fingerprint density at radius 1 is 0.833 bits per heavy atom. The first-order chi connectivity index (χ1) is 16.5. The van der Waals surface area contributed by atoms with Gasteiger partial charge in [-0.25, -0.2) is 0 Å². The van der Waals surface area contributed by atoms with Crippen LogP contribution in [0.2, 0.25) is 19.6 Å². The van der Waals surface area contributed by atoms with Crippen LogP contribution in [-0.4, -0.2) is 14.4 Å². The second-order valence-corrected chi connectivity index (χ2v) is 21.5. The second-order valence-electron chi connectivity index (χ2n) is 17.0. The van der Waals surface area contributed by atoms with E-state index >= 15 is 0 Å². The van der Waals surface area contributed by atoms with Crippen LogP contribution in [0.5, 0.6) is 0 Å². The number of rotatable bonds is 6. The van der Waals surface area contributed by atoms with Gasteiger partial charge in [0.1, 0.15) is 0 Å². The molecule has 36 heavy (non-hydrogen) atoms. The molecule has 1 nitrogen and oxygen atoms in total. The van der Waals surface area contributed by atoms with Crippen LogP contribution in [0, 0.1) is 56.7 Å². The lowest BCUT2D eigenvalue weighted by Crippen LogP contribution is -2.58. The summed E-state index contributed by atoms with van der Waals surface area (Å²) in [5, 5.41) is 0. The van der Waals surface area contributed by atoms with Gasteiger partial charge in [0.2, 0.25) is 0 Å². The Labute approximate surface area is 226 Å². The number of allylic oxidation sites excluding steroid dienone is 2. The standard InChI is InChI=1S/C34H60OSi/c1-23(2)24(3)12-13-25(4)26-16-18-32(8)28-15-14-27-30(5,6)29(35-36(9,10)11)17-19-33(27)22-34(28,33)21-20-31(26,32)7/h12,23,25-29H,13-22H2,1-11H3/b24-12+/t25-,26?,27?,28?,29+,31-,32+,33-,34+/m1/s1. The SMILES string of the molecule is C/C(=C\C[C@@H](C)C1CC[C@@]2(C)C3CCC4C(C)(C)[C@@H](O[Si](C)(C)C)CC[C@@]45C[C@@]35CC[C@]12C)C(C)C. The first-order valence-corrected chi connectivity index (χ1v) is 19.3. The van der Waals surface area contributed by atoms with Gasteiger partial charge in [-0.05, 0) is 147 Å². The third kappa shape index (κ3) is 3.68. The molecular formula is C34H60OSi. The molecule has 5 aliphatic rings. The molecule has 0 amide bonds. The molecule has 0 aromatic carbocycles. The Morgan fingerprint density at radius 3 is 2.11 bits per heavy atom. The molecule has 5 aliphatic carbocycles. The van der Waals surface area contributed by atoms with E-state index in [1.807, 2.05) is 0 Å². The third-order valence-electron chi connectivity index (χ3n) is 14.0. The van der Waals surface area contributed by atoms with Crippen molar-refractivity contribution < 1.29 is 4.43 Å². The molecule has 5 saturated carbocycles. The van der Waals surface area contributed by atoms with Gasteiger partial charge in [-0.2, -0.15) is 0 Å². The van der Waals surface area contributed by atoms with Crippen molar-refractivity contribution in [2.45, 2.75) is 145 Å². The lowest BCUT2D eigenvalue weighted by atomic mass is 9.41. The summed E-state index contributed by atoms with van der Waals surface area (Å²) in [7, 11) is -1.52. The Hall–Kier alpha value is -0.0831. The van der Waals surface area contributed by atoms with Crippen LogP contribution in [-0.2, 0) is 4.43 Å². The molecule has 5 rings (SSSR count). The van der Waals surface area contributed by atoms with E-state index in [-0.39, 0.29) is 0 Å². The number of fused-ring (bicyclic) bond motifs is 2. The Balaban J connectivity index is 1.38. The summed E-state index contributed by atoms with van der Waals surface area (Å²) in [6.45, 7) is 27.6. The van der Waals surface area contributed by atoms with Gasteiger partial charge in [0, 0.05) is 0 Å². The van der Waals surface area contributed by atoms with Gasteiger partial charge in [0.05, 0.1) is 6.10 Å². The van der Waals surface area contributed by atoms with E-state index in [4.69, 9.17) is 4.43 Å². The summed E-state index contributed by atoms with van der Waals surface area (Å²) < 4.78 is 6.87. The van der Waals surface area contributed by atoms with E-state index in [0.717, 1.165) is 23.7 Å². The van der Waals surface area contributed by atoms with Crippen molar-refractivity contribution in [3.8, 4) is 0 Å². The van der Waals surface area contributed by atoms with Crippen LogP contribution in [0.3, 0.4) is 0 Å². The average Bonchev–Trinajstić information content (AvgIpc) is 3.35. The zero-order chi connectivity index (χ0) is 26.5. The topological polar surface area (TPSA) is 9.23 Å². The van der Waals surface area contributed by atoms with E-state index in [1.54, 1.807) is 12.0 Å². The minimum Gasteiger partial charge on any atom is -0.414 e. The van der Waals surface area contributed by atoms with E-state index in [1.165, 1.54) is 57.8 Å². The van der Waals surface area contributed by atoms with Gasteiger partial charge in [0.15, 0.2) is 8.32 Å². The highest BCUT2D eigenvalue weighted by Gasteiger charge is 2.82. The predicted molar refractivity (Wildman–Crippen MR) is 157 cm³/mol. The summed E-state index contributed by atoms with van der Waals surface area (Å²) >= 11 is 0. The van der Waals surface area contributed by atoms with Crippen LogP contribution in [0.25, 0.3) is 0 Å². The normalized spacial score (nSPS) is 48.6. The van der Waals surface area contributed by atoms with Gasteiger partial charge in [-0.15, -0.1) is 0 Å². The molecule has 0 N–H and O–H groups in total. The molecule has 206 valence electrons. The first-order valence-electron chi connectivity index (χ1n) is 15.9. The van der Waals surface area contributed by atoms with Crippen LogP contribution in [0.15, 0.2) is 11.6 Å². The van der Waals surface area contributed by atoms with Gasteiger partial charge in [0.25, 0.3) is 0 Å². The smallest absolute Gasteiger partial charge is 0.184 e. The van der Waals surface area contributed by atoms with E-state index in [0.29, 0.717) is 39.1 Å². The summed E-state index contributed by atoms with van der Waals surface area (Å²) in [4.78, 5) is 0. The highest BCUT2D eigenvalue weighted by molar-refractivity contribution is 6.69. The molecule has 0 radical (unpaired) electrons. The Bertz CT molecular complexity index is 895. The highest BCUT2D eigenvalue weighted by Crippen LogP contribution is 2.89. The van der Waals surface area contributed by atoms with E-state index in [9.17, 15) is 0 Å². The number of hydrogen-bond acceptors (Lipinski definition) is 1. The molecular weight excluding hydrogens is 452 g/mol. The lowest BCUT2D eigenvalue weighted by Gasteiger charge is -2.63. The summed E-state index contributed by atoms with van der Waals surface area (Å²) in [5.74, 6) is 4.26. The zero-order valence-electron chi connectivity index (χ0n) is 26.0. The monoisotopic (exact) mass is 512 g/mol. The van der Waals surface area contributed by atoms with Crippen LogP contribution in [0.1, 0.15) is 120 Å². The minimum absolute atomic E-state index is 0.335. The van der Waals surface area contributed by atoms with Crippen LogP contribution >= 0.6 is 0 Å². The fraction of sp³-hybridized carbons (Fsp3) is 0.941. The molecule has 0 heterocycles. The summed E-state index contributed by atoms with van der Waals surface area (Å²) in [6.07, 6.45) is 17.6. The molecule has 5 fully saturated rings. The average molecular weight is 513 g/mol. The Morgan fingerprint density at radius 2 is 1.47 bits per heavy atom. The first kappa shape index (κ1) is 27.5. The quantitative estimate of drug-likeness (QED) is 0.254. The fourth-order valence-corrected chi connectivity index (χ4v) is 13.0. The van der Waals surface area contributed by atoms with Crippen LogP contribution in [0.4, 0.5) is 0 Å². The van der Waals surface area contributed by atoms with Gasteiger partial charge in [-0.3, -0.25) is 0 Å². The molecule has 9 atom stereocenters. The summed E-state index contributed by atoms with van der Waals surface area (Å²) in [5.41, 5.74) is 4.31. The van der Waals surface area contributed by atoms with Crippen molar-refractivity contribution in [2.24, 2.45) is 56.7 Å². The van der Waals surface area contributed by atoms with Gasteiger partial charge in [-0.1, -0.05) is 60.1 Å². The maximum absolute atomic E-state index is 6.87. The van der Waals surface area contributed by atoms with Crippen molar-refractivity contribution in [3.05, 3.63) is 11.6 Å². The zero-order valence-corrected chi connectivity index (χ0v) is 27.0. The molecule has 0 aliphatic heterocycles. The minimum atomic E-state index is -1.52. The van der Waals surface area contributed by atoms with Crippen molar-refractivity contribution >= 4 is 8.32 Å². The molecule has 3 unspecified atom stereocenters. The van der Waals surface area contributed by atoms with Crippen molar-refractivity contribution in [1.29, 1.82) is 0 Å². The maximum Gasteiger partial charge on any atom is 0.184 e. The molecule has 0 saturated heterocycles. The van der Waals surface area contributed by atoms with E-state index < -0.39 is 8.32 Å². The maximum atomic E-state index is 6.87. The lowest BCUT2D eigenvalue weighted by molar-refractivity contribution is -0.158. The highest BCUT2D eigenvalue weighted by atomic mass is 28.4. The number of hydrogen-bond donors (Lipinski definition) is 0. The van der Waals surface area contributed by atoms with Crippen molar-refractivity contribution in [2.75, 3.05) is 0 Å². The van der Waals surface area contributed by atoms with Crippen molar-refractivity contribution in [1.82, 2.24) is 0 Å². The largest absolute Gasteiger partial charge is 0.414 e. The molecule has 2 spiro atoms. The Kier molecular flexibility index (Phi) is 6.46. The third-order valence-corrected chi connectivity index (χ3v) is 15.0. The summed E-state index contributed by atoms with van der Waals surface area (Å²) in [6, 6.07) is 0. The molecule has 2 heteroatoms.